The number of ether oxygens (including phenoxy) is 1. The Morgan fingerprint density at radius 3 is 2.75 bits per heavy atom. The van der Waals surface area contributed by atoms with E-state index in [1.807, 2.05) is 43.9 Å². The molecule has 7 heteroatoms. The number of halogens is 1. The van der Waals surface area contributed by atoms with Crippen LogP contribution in [0.15, 0.2) is 36.5 Å². The van der Waals surface area contributed by atoms with Crippen molar-refractivity contribution >= 4 is 17.7 Å². The van der Waals surface area contributed by atoms with Crippen LogP contribution in [0, 0.1) is 0 Å². The summed E-state index contributed by atoms with van der Waals surface area (Å²) in [5.74, 6) is 0. The maximum atomic E-state index is 12.4. The molecule has 1 atom stereocenters. The van der Waals surface area contributed by atoms with Crippen LogP contribution < -0.4 is 0 Å². The molecule has 0 aliphatic carbocycles. The van der Waals surface area contributed by atoms with Crippen molar-refractivity contribution in [3.8, 4) is 11.3 Å². The van der Waals surface area contributed by atoms with Gasteiger partial charge in [-0.1, -0.05) is 18.2 Å². The third-order valence-corrected chi connectivity index (χ3v) is 4.78. The Morgan fingerprint density at radius 1 is 1.29 bits per heavy atom. The van der Waals surface area contributed by atoms with Crippen LogP contribution >= 0.6 is 11.6 Å². The van der Waals surface area contributed by atoms with Crippen LogP contribution in [0.1, 0.15) is 33.3 Å². The van der Waals surface area contributed by atoms with Crippen molar-refractivity contribution in [2.45, 2.75) is 45.9 Å². The van der Waals surface area contributed by atoms with E-state index in [0.29, 0.717) is 6.54 Å². The number of nitrogens with zero attached hydrogens (tertiary/aromatic N) is 4. The Labute approximate surface area is 171 Å². The Hall–Kier alpha value is -2.18. The van der Waals surface area contributed by atoms with Crippen LogP contribution in [0.25, 0.3) is 11.3 Å². The first-order valence-electron chi connectivity index (χ1n) is 9.51. The fraction of sp³-hybridized carbons (Fsp3) is 0.476. The lowest BCUT2D eigenvalue weighted by atomic mass is 10.1. The molecule has 1 fully saturated rings. The number of piperazine rings is 1. The molecule has 3 rings (SSSR count). The molecule has 2 heterocycles. The SMILES string of the molecule is C[C@H]1CN(Cc2cccc(-c3ccnc(Cl)n3)c2)CCN1C(=O)OC(C)(C)C. The van der Waals surface area contributed by atoms with Crippen molar-refractivity contribution < 1.29 is 9.53 Å². The van der Waals surface area contributed by atoms with Gasteiger partial charge in [-0.15, -0.1) is 0 Å². The Morgan fingerprint density at radius 2 is 2.07 bits per heavy atom. The van der Waals surface area contributed by atoms with Crippen molar-refractivity contribution in [3.05, 3.63) is 47.4 Å². The van der Waals surface area contributed by atoms with Crippen LogP contribution in [0.4, 0.5) is 4.79 Å². The van der Waals surface area contributed by atoms with Crippen molar-refractivity contribution in [1.29, 1.82) is 0 Å². The molecule has 6 nitrogen and oxygen atoms in total. The summed E-state index contributed by atoms with van der Waals surface area (Å²) in [6, 6.07) is 10.2. The number of benzene rings is 1. The molecule has 0 unspecified atom stereocenters. The maximum Gasteiger partial charge on any atom is 0.410 e. The Bertz CT molecular complexity index is 837. The van der Waals surface area contributed by atoms with E-state index in [9.17, 15) is 4.79 Å². The van der Waals surface area contributed by atoms with Crippen LogP contribution in [-0.2, 0) is 11.3 Å². The van der Waals surface area contributed by atoms with Crippen LogP contribution in [0.2, 0.25) is 5.28 Å². The van der Waals surface area contributed by atoms with Gasteiger partial charge in [0.2, 0.25) is 5.28 Å². The predicted molar refractivity (Wildman–Crippen MR) is 110 cm³/mol. The summed E-state index contributed by atoms with van der Waals surface area (Å²) in [6.45, 7) is 10.8. The number of aromatic nitrogens is 2. The molecule has 1 saturated heterocycles. The number of carbonyl (C=O) groups excluding carboxylic acids is 1. The van der Waals surface area contributed by atoms with Gasteiger partial charge in [-0.3, -0.25) is 4.90 Å². The van der Waals surface area contributed by atoms with E-state index >= 15 is 0 Å². The number of hydrogen-bond donors (Lipinski definition) is 0. The zero-order valence-electron chi connectivity index (χ0n) is 16.9. The van der Waals surface area contributed by atoms with E-state index in [4.69, 9.17) is 16.3 Å². The highest BCUT2D eigenvalue weighted by Crippen LogP contribution is 2.21. The monoisotopic (exact) mass is 402 g/mol. The molecule has 0 spiro atoms. The molecule has 0 bridgehead atoms. The second-order valence-electron chi connectivity index (χ2n) is 8.17. The molecule has 28 heavy (non-hydrogen) atoms. The molecule has 1 aliphatic heterocycles. The van der Waals surface area contributed by atoms with E-state index in [0.717, 1.165) is 30.9 Å². The van der Waals surface area contributed by atoms with Gasteiger partial charge in [0.25, 0.3) is 0 Å². The van der Waals surface area contributed by atoms with E-state index in [2.05, 4.69) is 33.9 Å². The highest BCUT2D eigenvalue weighted by atomic mass is 35.5. The summed E-state index contributed by atoms with van der Waals surface area (Å²) in [7, 11) is 0. The standard InChI is InChI=1S/C21H27ClN4O2/c1-15-13-25(10-11-26(15)20(27)28-21(2,3)4)14-16-6-5-7-17(12-16)18-8-9-23-19(22)24-18/h5-9,12,15H,10-11,13-14H2,1-4H3/t15-/m0/s1. The van der Waals surface area contributed by atoms with Crippen LogP contribution in [-0.4, -0.2) is 57.1 Å². The largest absolute Gasteiger partial charge is 0.444 e. The minimum Gasteiger partial charge on any atom is -0.444 e. The van der Waals surface area contributed by atoms with Gasteiger partial charge in [-0.2, -0.15) is 0 Å². The molecule has 1 aromatic heterocycles. The van der Waals surface area contributed by atoms with Gasteiger partial charge in [-0.05, 0) is 57.0 Å². The zero-order chi connectivity index (χ0) is 20.3. The zero-order valence-corrected chi connectivity index (χ0v) is 17.6. The Kier molecular flexibility index (Phi) is 6.20. The van der Waals surface area contributed by atoms with Crippen molar-refractivity contribution in [3.63, 3.8) is 0 Å². The molecule has 1 aliphatic rings. The lowest BCUT2D eigenvalue weighted by Gasteiger charge is -2.40. The van der Waals surface area contributed by atoms with E-state index in [1.165, 1.54) is 5.56 Å². The summed E-state index contributed by atoms with van der Waals surface area (Å²) in [6.07, 6.45) is 1.43. The highest BCUT2D eigenvalue weighted by molar-refractivity contribution is 6.28. The minimum atomic E-state index is -0.474. The second kappa shape index (κ2) is 8.45. The van der Waals surface area contributed by atoms with E-state index in [1.54, 1.807) is 6.20 Å². The number of carbonyl (C=O) groups is 1. The first-order valence-corrected chi connectivity index (χ1v) is 9.89. The Balaban J connectivity index is 1.63. The van der Waals surface area contributed by atoms with Crippen LogP contribution in [0.3, 0.4) is 0 Å². The topological polar surface area (TPSA) is 58.6 Å². The number of amides is 1. The first kappa shape index (κ1) is 20.6. The lowest BCUT2D eigenvalue weighted by molar-refractivity contribution is 0.000564. The first-order chi connectivity index (χ1) is 13.2. The van der Waals surface area contributed by atoms with Gasteiger partial charge < -0.3 is 9.64 Å². The van der Waals surface area contributed by atoms with Crippen LogP contribution in [0.5, 0.6) is 0 Å². The summed E-state index contributed by atoms with van der Waals surface area (Å²) >= 11 is 5.91. The molecular weight excluding hydrogens is 376 g/mol. The normalized spacial score (nSPS) is 18.2. The average Bonchev–Trinajstić information content (AvgIpc) is 2.60. The van der Waals surface area contributed by atoms with Crippen molar-refractivity contribution in [2.24, 2.45) is 0 Å². The molecule has 1 amide bonds. The fourth-order valence-electron chi connectivity index (χ4n) is 3.35. The third-order valence-electron chi connectivity index (χ3n) is 4.59. The quantitative estimate of drug-likeness (QED) is 0.718. The van der Waals surface area contributed by atoms with Gasteiger partial charge in [0.1, 0.15) is 5.60 Å². The van der Waals surface area contributed by atoms with Gasteiger partial charge >= 0.3 is 6.09 Å². The summed E-state index contributed by atoms with van der Waals surface area (Å²) in [5, 5.41) is 0.245. The fourth-order valence-corrected chi connectivity index (χ4v) is 3.50. The summed E-state index contributed by atoms with van der Waals surface area (Å²) in [5.41, 5.74) is 2.55. The third kappa shape index (κ3) is 5.42. The predicted octanol–water partition coefficient (Wildman–Crippen LogP) is 4.24. The second-order valence-corrected chi connectivity index (χ2v) is 8.51. The van der Waals surface area contributed by atoms with E-state index in [-0.39, 0.29) is 17.4 Å². The average molecular weight is 403 g/mol. The molecule has 0 N–H and O–H groups in total. The maximum absolute atomic E-state index is 12.4. The molecule has 1 aromatic carbocycles. The smallest absolute Gasteiger partial charge is 0.410 e. The molecular formula is C21H27ClN4O2. The van der Waals surface area contributed by atoms with Gasteiger partial charge in [0.05, 0.1) is 5.69 Å². The minimum absolute atomic E-state index is 0.104. The number of rotatable bonds is 3. The van der Waals surface area contributed by atoms with Gasteiger partial charge in [-0.25, -0.2) is 14.8 Å². The summed E-state index contributed by atoms with van der Waals surface area (Å²) in [4.78, 5) is 24.8. The highest BCUT2D eigenvalue weighted by Gasteiger charge is 2.30. The molecule has 0 saturated carbocycles. The summed E-state index contributed by atoms with van der Waals surface area (Å²) < 4.78 is 5.52. The van der Waals surface area contributed by atoms with Gasteiger partial charge in [0.15, 0.2) is 0 Å². The molecule has 150 valence electrons. The van der Waals surface area contributed by atoms with Gasteiger partial charge in [0, 0.05) is 44.0 Å². The molecule has 2 aromatic rings. The van der Waals surface area contributed by atoms with E-state index < -0.39 is 5.60 Å². The number of hydrogen-bond acceptors (Lipinski definition) is 5. The van der Waals surface area contributed by atoms with Crippen molar-refractivity contribution in [2.75, 3.05) is 19.6 Å². The van der Waals surface area contributed by atoms with Crippen molar-refractivity contribution in [1.82, 2.24) is 19.8 Å². The molecule has 0 radical (unpaired) electrons. The lowest BCUT2D eigenvalue weighted by Crippen LogP contribution is -2.54.